The molecule has 0 unspecified atom stereocenters. The van der Waals surface area contributed by atoms with E-state index >= 15 is 0 Å². The van der Waals surface area contributed by atoms with Crippen LogP contribution in [0.3, 0.4) is 0 Å². The first-order chi connectivity index (χ1) is 15.2. The van der Waals surface area contributed by atoms with Gasteiger partial charge in [-0.1, -0.05) is 60.7 Å². The second-order valence-corrected chi connectivity index (χ2v) is 7.30. The molecule has 0 amide bonds. The standard InChI is InChI=1S/C26H25NO4/c1-19-26(31-18-25(28)30-17-21-11-7-4-8-12-21)23-15-22(29-2)13-14-24(23)27(19)16-20-9-5-3-6-10-20/h3-15H,16-18H2,1-2H3. The number of methoxy groups -OCH3 is 1. The van der Waals surface area contributed by atoms with E-state index in [9.17, 15) is 4.79 Å². The summed E-state index contributed by atoms with van der Waals surface area (Å²) in [5.41, 5.74) is 4.10. The molecule has 0 atom stereocenters. The molecule has 0 aliphatic heterocycles. The van der Waals surface area contributed by atoms with Crippen molar-refractivity contribution in [1.82, 2.24) is 4.57 Å². The van der Waals surface area contributed by atoms with E-state index in [-0.39, 0.29) is 13.2 Å². The molecule has 0 spiro atoms. The number of hydrogen-bond donors (Lipinski definition) is 0. The Balaban J connectivity index is 1.55. The first-order valence-corrected chi connectivity index (χ1v) is 10.2. The average molecular weight is 415 g/mol. The molecule has 0 aliphatic carbocycles. The highest BCUT2D eigenvalue weighted by atomic mass is 16.6. The van der Waals surface area contributed by atoms with Crippen molar-refractivity contribution in [2.24, 2.45) is 0 Å². The molecule has 0 bridgehead atoms. The van der Waals surface area contributed by atoms with Crippen LogP contribution in [0.25, 0.3) is 10.9 Å². The van der Waals surface area contributed by atoms with Gasteiger partial charge in [0.2, 0.25) is 0 Å². The lowest BCUT2D eigenvalue weighted by Crippen LogP contribution is -2.15. The molecule has 0 aliphatic rings. The lowest BCUT2D eigenvalue weighted by Gasteiger charge is -2.10. The van der Waals surface area contributed by atoms with E-state index in [1.165, 1.54) is 5.56 Å². The maximum absolute atomic E-state index is 12.3. The van der Waals surface area contributed by atoms with Crippen molar-refractivity contribution in [1.29, 1.82) is 0 Å². The second kappa shape index (κ2) is 9.39. The van der Waals surface area contributed by atoms with E-state index in [2.05, 4.69) is 16.7 Å². The number of benzene rings is 3. The van der Waals surface area contributed by atoms with Crippen molar-refractivity contribution in [3.05, 3.63) is 95.7 Å². The number of esters is 1. The Labute approximate surface area is 181 Å². The van der Waals surface area contributed by atoms with Crippen LogP contribution >= 0.6 is 0 Å². The number of rotatable bonds is 8. The topological polar surface area (TPSA) is 49.7 Å². The minimum atomic E-state index is -0.407. The van der Waals surface area contributed by atoms with Crippen molar-refractivity contribution in [2.75, 3.05) is 13.7 Å². The maximum Gasteiger partial charge on any atom is 0.344 e. The Morgan fingerprint density at radius 1 is 0.903 bits per heavy atom. The molecule has 158 valence electrons. The summed E-state index contributed by atoms with van der Waals surface area (Å²) in [5, 5.41) is 0.906. The summed E-state index contributed by atoms with van der Waals surface area (Å²) < 4.78 is 18.9. The molecule has 0 saturated heterocycles. The molecule has 0 radical (unpaired) electrons. The first kappa shape index (κ1) is 20.5. The van der Waals surface area contributed by atoms with Crippen molar-refractivity contribution in [2.45, 2.75) is 20.1 Å². The highest BCUT2D eigenvalue weighted by Gasteiger charge is 2.18. The quantitative estimate of drug-likeness (QED) is 0.375. The number of hydrogen-bond acceptors (Lipinski definition) is 4. The summed E-state index contributed by atoms with van der Waals surface area (Å²) in [6.07, 6.45) is 0. The molecule has 5 heteroatoms. The van der Waals surface area contributed by atoms with Crippen LogP contribution in [0.2, 0.25) is 0 Å². The molecule has 0 saturated carbocycles. The zero-order chi connectivity index (χ0) is 21.6. The fraction of sp³-hybridized carbons (Fsp3) is 0.192. The Morgan fingerprint density at radius 2 is 1.58 bits per heavy atom. The minimum absolute atomic E-state index is 0.157. The van der Waals surface area contributed by atoms with Crippen LogP contribution in [0, 0.1) is 6.92 Å². The highest BCUT2D eigenvalue weighted by molar-refractivity contribution is 5.90. The Morgan fingerprint density at radius 3 is 2.26 bits per heavy atom. The summed E-state index contributed by atoms with van der Waals surface area (Å²) in [6, 6.07) is 25.7. The van der Waals surface area contributed by atoms with E-state index in [1.807, 2.05) is 73.7 Å². The molecule has 1 heterocycles. The number of aromatic nitrogens is 1. The maximum atomic E-state index is 12.3. The van der Waals surface area contributed by atoms with Crippen molar-refractivity contribution >= 4 is 16.9 Å². The number of fused-ring (bicyclic) bond motifs is 1. The smallest absolute Gasteiger partial charge is 0.344 e. The fourth-order valence-corrected chi connectivity index (χ4v) is 3.62. The third kappa shape index (κ3) is 4.72. The van der Waals surface area contributed by atoms with Crippen LogP contribution in [-0.4, -0.2) is 24.3 Å². The summed E-state index contributed by atoms with van der Waals surface area (Å²) in [5.74, 6) is 0.998. The van der Waals surface area contributed by atoms with E-state index in [0.29, 0.717) is 12.3 Å². The third-order valence-electron chi connectivity index (χ3n) is 5.23. The van der Waals surface area contributed by atoms with E-state index in [0.717, 1.165) is 27.9 Å². The van der Waals surface area contributed by atoms with Gasteiger partial charge < -0.3 is 18.8 Å². The lowest BCUT2D eigenvalue weighted by molar-refractivity contribution is -0.147. The van der Waals surface area contributed by atoms with Gasteiger partial charge in [-0.25, -0.2) is 4.79 Å². The number of ether oxygens (including phenoxy) is 3. The third-order valence-corrected chi connectivity index (χ3v) is 5.23. The summed E-state index contributed by atoms with van der Waals surface area (Å²) in [6.45, 7) is 2.78. The molecule has 4 rings (SSSR count). The van der Waals surface area contributed by atoms with Gasteiger partial charge in [0.05, 0.1) is 18.3 Å². The van der Waals surface area contributed by atoms with Gasteiger partial charge in [-0.2, -0.15) is 0 Å². The van der Waals surface area contributed by atoms with E-state index < -0.39 is 5.97 Å². The van der Waals surface area contributed by atoms with Crippen LogP contribution in [0.5, 0.6) is 11.5 Å². The molecule has 31 heavy (non-hydrogen) atoms. The first-order valence-electron chi connectivity index (χ1n) is 10.2. The molecule has 0 fully saturated rings. The van der Waals surface area contributed by atoms with Crippen molar-refractivity contribution in [3.63, 3.8) is 0 Å². The predicted molar refractivity (Wildman–Crippen MR) is 121 cm³/mol. The number of carbonyl (C=O) groups is 1. The fourth-order valence-electron chi connectivity index (χ4n) is 3.62. The van der Waals surface area contributed by atoms with Gasteiger partial charge in [0.15, 0.2) is 6.61 Å². The summed E-state index contributed by atoms with van der Waals surface area (Å²) >= 11 is 0. The van der Waals surface area contributed by atoms with Crippen LogP contribution < -0.4 is 9.47 Å². The van der Waals surface area contributed by atoms with E-state index in [4.69, 9.17) is 14.2 Å². The Kier molecular flexibility index (Phi) is 6.22. The lowest BCUT2D eigenvalue weighted by atomic mass is 10.2. The van der Waals surface area contributed by atoms with Crippen LogP contribution in [0.15, 0.2) is 78.9 Å². The normalized spacial score (nSPS) is 10.8. The van der Waals surface area contributed by atoms with Crippen molar-refractivity contribution < 1.29 is 19.0 Å². The van der Waals surface area contributed by atoms with Crippen LogP contribution in [0.1, 0.15) is 16.8 Å². The van der Waals surface area contributed by atoms with Gasteiger partial charge >= 0.3 is 5.97 Å². The van der Waals surface area contributed by atoms with Gasteiger partial charge in [-0.15, -0.1) is 0 Å². The average Bonchev–Trinajstić information content (AvgIpc) is 3.07. The Hall–Kier alpha value is -3.73. The molecule has 3 aromatic carbocycles. The molecule has 0 N–H and O–H groups in total. The van der Waals surface area contributed by atoms with Gasteiger partial charge in [-0.3, -0.25) is 0 Å². The second-order valence-electron chi connectivity index (χ2n) is 7.30. The zero-order valence-corrected chi connectivity index (χ0v) is 17.7. The molecule has 4 aromatic rings. The molecular formula is C26H25NO4. The molecule has 5 nitrogen and oxygen atoms in total. The van der Waals surface area contributed by atoms with Crippen LogP contribution in [0.4, 0.5) is 0 Å². The minimum Gasteiger partial charge on any atom is -0.497 e. The van der Waals surface area contributed by atoms with Gasteiger partial charge in [0.1, 0.15) is 18.1 Å². The van der Waals surface area contributed by atoms with Crippen LogP contribution in [-0.2, 0) is 22.7 Å². The summed E-state index contributed by atoms with van der Waals surface area (Å²) in [4.78, 5) is 12.3. The number of carbonyl (C=O) groups excluding carboxylic acids is 1. The number of nitrogens with zero attached hydrogens (tertiary/aromatic N) is 1. The SMILES string of the molecule is COc1ccc2c(c1)c(OCC(=O)OCc1ccccc1)c(C)n2Cc1ccccc1. The Bertz CT molecular complexity index is 1170. The monoisotopic (exact) mass is 415 g/mol. The van der Waals surface area contributed by atoms with Crippen molar-refractivity contribution in [3.8, 4) is 11.5 Å². The van der Waals surface area contributed by atoms with E-state index in [1.54, 1.807) is 7.11 Å². The van der Waals surface area contributed by atoms with Gasteiger partial charge in [0.25, 0.3) is 0 Å². The van der Waals surface area contributed by atoms with Gasteiger partial charge in [-0.05, 0) is 36.2 Å². The molecular weight excluding hydrogens is 390 g/mol. The predicted octanol–water partition coefficient (Wildman–Crippen LogP) is 5.13. The largest absolute Gasteiger partial charge is 0.497 e. The summed E-state index contributed by atoms with van der Waals surface area (Å²) in [7, 11) is 1.64. The van der Waals surface area contributed by atoms with Gasteiger partial charge in [0, 0.05) is 11.9 Å². The zero-order valence-electron chi connectivity index (χ0n) is 17.7. The highest BCUT2D eigenvalue weighted by Crippen LogP contribution is 2.35. The molecule has 1 aromatic heterocycles.